The van der Waals surface area contributed by atoms with Gasteiger partial charge in [-0.3, -0.25) is 0 Å². The highest BCUT2D eigenvalue weighted by Gasteiger charge is 2.09. The maximum atomic E-state index is 5.54. The molecule has 3 rings (SSSR count). The SMILES string of the molecule is CCc1nc(CNc2nnc(-c3cccs3)o2)cs1. The summed E-state index contributed by atoms with van der Waals surface area (Å²) in [6, 6.07) is 4.34. The fraction of sp³-hybridized carbons (Fsp3) is 0.250. The fourth-order valence-corrected chi connectivity index (χ4v) is 2.94. The molecule has 0 saturated heterocycles. The number of thiophene rings is 1. The minimum atomic E-state index is 0.425. The zero-order chi connectivity index (χ0) is 13.1. The summed E-state index contributed by atoms with van der Waals surface area (Å²) in [5.41, 5.74) is 0.998. The van der Waals surface area contributed by atoms with E-state index >= 15 is 0 Å². The van der Waals surface area contributed by atoms with E-state index in [0.717, 1.165) is 22.0 Å². The summed E-state index contributed by atoms with van der Waals surface area (Å²) in [6.45, 7) is 2.70. The maximum Gasteiger partial charge on any atom is 0.316 e. The molecule has 0 unspecified atom stereocenters. The van der Waals surface area contributed by atoms with E-state index in [1.807, 2.05) is 22.9 Å². The first-order chi connectivity index (χ1) is 9.35. The van der Waals surface area contributed by atoms with Crippen LogP contribution in [-0.2, 0) is 13.0 Å². The van der Waals surface area contributed by atoms with Crippen LogP contribution in [0.2, 0.25) is 0 Å². The van der Waals surface area contributed by atoms with Crippen LogP contribution in [-0.4, -0.2) is 15.2 Å². The van der Waals surface area contributed by atoms with Gasteiger partial charge in [0.05, 0.1) is 22.1 Å². The van der Waals surface area contributed by atoms with Crippen molar-refractivity contribution in [3.63, 3.8) is 0 Å². The molecule has 1 N–H and O–H groups in total. The van der Waals surface area contributed by atoms with E-state index in [2.05, 4.69) is 27.4 Å². The molecule has 0 aliphatic heterocycles. The van der Waals surface area contributed by atoms with E-state index in [1.54, 1.807) is 22.7 Å². The van der Waals surface area contributed by atoms with Gasteiger partial charge in [0.15, 0.2) is 0 Å². The summed E-state index contributed by atoms with van der Waals surface area (Å²) < 4.78 is 5.54. The third-order valence-corrected chi connectivity index (χ3v) is 4.38. The van der Waals surface area contributed by atoms with Crippen LogP contribution in [0.3, 0.4) is 0 Å². The minimum absolute atomic E-state index is 0.425. The summed E-state index contributed by atoms with van der Waals surface area (Å²) >= 11 is 3.25. The van der Waals surface area contributed by atoms with Crippen LogP contribution in [0.4, 0.5) is 6.01 Å². The van der Waals surface area contributed by atoms with Crippen LogP contribution < -0.4 is 5.32 Å². The molecule has 0 atom stereocenters. The Morgan fingerprint density at radius 1 is 1.32 bits per heavy atom. The topological polar surface area (TPSA) is 63.8 Å². The van der Waals surface area contributed by atoms with Crippen molar-refractivity contribution in [1.82, 2.24) is 15.2 Å². The second-order valence-corrected chi connectivity index (χ2v) is 5.72. The summed E-state index contributed by atoms with van der Waals surface area (Å²) in [6.07, 6.45) is 0.966. The Hall–Kier alpha value is -1.73. The van der Waals surface area contributed by atoms with Crippen LogP contribution in [0.5, 0.6) is 0 Å². The largest absolute Gasteiger partial charge is 0.403 e. The number of aryl methyl sites for hydroxylation is 1. The molecule has 3 heterocycles. The maximum absolute atomic E-state index is 5.54. The lowest BCUT2D eigenvalue weighted by Gasteiger charge is -1.96. The second kappa shape index (κ2) is 5.50. The molecule has 98 valence electrons. The predicted molar refractivity (Wildman–Crippen MR) is 76.4 cm³/mol. The molecule has 0 aliphatic rings. The van der Waals surface area contributed by atoms with Gasteiger partial charge in [-0.1, -0.05) is 18.1 Å². The number of thiazole rings is 1. The molecule has 5 nitrogen and oxygen atoms in total. The van der Waals surface area contributed by atoms with Gasteiger partial charge >= 0.3 is 6.01 Å². The van der Waals surface area contributed by atoms with Gasteiger partial charge in [-0.05, 0) is 17.9 Å². The third kappa shape index (κ3) is 2.82. The molecule has 7 heteroatoms. The Morgan fingerprint density at radius 3 is 3.00 bits per heavy atom. The van der Waals surface area contributed by atoms with Gasteiger partial charge in [-0.2, -0.15) is 0 Å². The van der Waals surface area contributed by atoms with E-state index in [4.69, 9.17) is 4.42 Å². The van der Waals surface area contributed by atoms with Gasteiger partial charge in [0.2, 0.25) is 0 Å². The Labute approximate surface area is 118 Å². The van der Waals surface area contributed by atoms with Crippen molar-refractivity contribution in [3.05, 3.63) is 33.6 Å². The van der Waals surface area contributed by atoms with Crippen LogP contribution in [0, 0.1) is 0 Å². The quantitative estimate of drug-likeness (QED) is 0.780. The molecule has 19 heavy (non-hydrogen) atoms. The van der Waals surface area contributed by atoms with Gasteiger partial charge in [-0.15, -0.1) is 27.8 Å². The van der Waals surface area contributed by atoms with Crippen LogP contribution in [0.25, 0.3) is 10.8 Å². The van der Waals surface area contributed by atoms with Gasteiger partial charge in [0.25, 0.3) is 5.89 Å². The van der Waals surface area contributed by atoms with E-state index < -0.39 is 0 Å². The Bertz CT molecular complexity index is 644. The summed E-state index contributed by atoms with van der Waals surface area (Å²) in [5.74, 6) is 0.546. The lowest BCUT2D eigenvalue weighted by atomic mass is 10.4. The van der Waals surface area contributed by atoms with Crippen LogP contribution in [0.1, 0.15) is 17.6 Å². The van der Waals surface area contributed by atoms with Crippen molar-refractivity contribution < 1.29 is 4.42 Å². The first-order valence-electron chi connectivity index (χ1n) is 5.89. The smallest absolute Gasteiger partial charge is 0.316 e. The molecule has 3 aromatic rings. The van der Waals surface area contributed by atoms with E-state index in [0.29, 0.717) is 18.5 Å². The first-order valence-corrected chi connectivity index (χ1v) is 7.65. The summed E-state index contributed by atoms with van der Waals surface area (Å²) in [5, 5.41) is 16.2. The van der Waals surface area contributed by atoms with Crippen molar-refractivity contribution in [2.24, 2.45) is 0 Å². The molecular weight excluding hydrogens is 280 g/mol. The number of aromatic nitrogens is 3. The molecule has 0 aromatic carbocycles. The molecule has 0 fully saturated rings. The lowest BCUT2D eigenvalue weighted by Crippen LogP contribution is -2.00. The minimum Gasteiger partial charge on any atom is -0.403 e. The van der Waals surface area contributed by atoms with Crippen molar-refractivity contribution >= 4 is 28.7 Å². The molecule has 0 saturated carbocycles. The van der Waals surface area contributed by atoms with Crippen LogP contribution >= 0.6 is 22.7 Å². The van der Waals surface area contributed by atoms with E-state index in [1.165, 1.54) is 0 Å². The first kappa shape index (κ1) is 12.3. The average Bonchev–Trinajstić information content (AvgIpc) is 3.16. The van der Waals surface area contributed by atoms with Crippen molar-refractivity contribution in [2.45, 2.75) is 19.9 Å². The van der Waals surface area contributed by atoms with Crippen molar-refractivity contribution in [1.29, 1.82) is 0 Å². The van der Waals surface area contributed by atoms with Gasteiger partial charge in [-0.25, -0.2) is 4.98 Å². The Morgan fingerprint density at radius 2 is 2.26 bits per heavy atom. The number of rotatable bonds is 5. The average molecular weight is 292 g/mol. The van der Waals surface area contributed by atoms with Gasteiger partial charge < -0.3 is 9.73 Å². The number of nitrogens with one attached hydrogen (secondary N) is 1. The van der Waals surface area contributed by atoms with Gasteiger partial charge in [0, 0.05) is 5.38 Å². The Balaban J connectivity index is 1.64. The highest BCUT2D eigenvalue weighted by molar-refractivity contribution is 7.13. The molecule has 0 bridgehead atoms. The third-order valence-electron chi connectivity index (χ3n) is 2.48. The molecule has 0 spiro atoms. The highest BCUT2D eigenvalue weighted by Crippen LogP contribution is 2.24. The number of hydrogen-bond acceptors (Lipinski definition) is 7. The number of nitrogens with zero attached hydrogens (tertiary/aromatic N) is 3. The summed E-state index contributed by atoms with van der Waals surface area (Å²) in [4.78, 5) is 5.44. The van der Waals surface area contributed by atoms with Crippen LogP contribution in [0.15, 0.2) is 27.3 Å². The molecular formula is C12H12N4OS2. The zero-order valence-corrected chi connectivity index (χ0v) is 11.9. The highest BCUT2D eigenvalue weighted by atomic mass is 32.1. The predicted octanol–water partition coefficient (Wildman–Crippen LogP) is 3.43. The standard InChI is InChI=1S/C12H12N4OS2/c1-2-10-14-8(7-19-10)6-13-12-16-15-11(17-12)9-4-3-5-18-9/h3-5,7H,2,6H2,1H3,(H,13,16). The normalized spacial score (nSPS) is 10.8. The molecule has 0 aliphatic carbocycles. The van der Waals surface area contributed by atoms with Crippen molar-refractivity contribution in [3.8, 4) is 10.8 Å². The lowest BCUT2D eigenvalue weighted by molar-refractivity contribution is 0.582. The fourth-order valence-electron chi connectivity index (χ4n) is 1.55. The molecule has 3 aromatic heterocycles. The van der Waals surface area contributed by atoms with E-state index in [9.17, 15) is 0 Å². The molecule has 0 radical (unpaired) electrons. The van der Waals surface area contributed by atoms with E-state index in [-0.39, 0.29) is 0 Å². The Kier molecular flexibility index (Phi) is 3.56. The number of hydrogen-bond donors (Lipinski definition) is 1. The summed E-state index contributed by atoms with van der Waals surface area (Å²) in [7, 11) is 0. The van der Waals surface area contributed by atoms with Gasteiger partial charge in [0.1, 0.15) is 0 Å². The zero-order valence-electron chi connectivity index (χ0n) is 10.3. The monoisotopic (exact) mass is 292 g/mol. The second-order valence-electron chi connectivity index (χ2n) is 3.83. The van der Waals surface area contributed by atoms with Crippen molar-refractivity contribution in [2.75, 3.05) is 5.32 Å². The molecule has 0 amide bonds. The number of anilines is 1.